The van der Waals surface area contributed by atoms with E-state index in [-0.39, 0.29) is 5.78 Å². The lowest BCUT2D eigenvalue weighted by Crippen LogP contribution is -2.17. The monoisotopic (exact) mass is 308 g/mol. The van der Waals surface area contributed by atoms with Gasteiger partial charge in [0.1, 0.15) is 0 Å². The second-order valence-corrected chi connectivity index (χ2v) is 11.9. The van der Waals surface area contributed by atoms with Crippen LogP contribution in [0.4, 0.5) is 0 Å². The number of Topliss-reactive ketones (excluding diaryl/α,β-unsaturated/α-hetero) is 1. The molecule has 0 aliphatic carbocycles. The molecule has 0 aromatic heterocycles. The van der Waals surface area contributed by atoms with Crippen LogP contribution in [0.25, 0.3) is 5.57 Å². The molecule has 2 heteroatoms. The molecule has 0 saturated carbocycles. The molecular formula is C20H24OSi. The quantitative estimate of drug-likeness (QED) is 0.538. The number of hydrogen-bond donors (Lipinski definition) is 0. The minimum atomic E-state index is -1.43. The molecule has 0 aliphatic heterocycles. The Morgan fingerprint density at radius 3 is 2.14 bits per heavy atom. The van der Waals surface area contributed by atoms with E-state index in [2.05, 4.69) is 55.7 Å². The fraction of sp³-hybridized carbons (Fsp3) is 0.250. The average molecular weight is 308 g/mol. The van der Waals surface area contributed by atoms with E-state index in [0.717, 1.165) is 16.7 Å². The van der Waals surface area contributed by atoms with E-state index in [9.17, 15) is 4.79 Å². The number of carbonyl (C=O) groups excluding carboxylic acids is 1. The van der Waals surface area contributed by atoms with Gasteiger partial charge in [0.2, 0.25) is 0 Å². The topological polar surface area (TPSA) is 17.1 Å². The molecule has 0 fully saturated rings. The molecule has 0 N–H and O–H groups in total. The molecule has 2 aromatic carbocycles. The second-order valence-electron chi connectivity index (χ2n) is 6.84. The summed E-state index contributed by atoms with van der Waals surface area (Å²) in [5.41, 5.74) is 7.70. The van der Waals surface area contributed by atoms with Crippen LogP contribution in [0.2, 0.25) is 19.6 Å². The van der Waals surface area contributed by atoms with Crippen molar-refractivity contribution in [2.45, 2.75) is 33.5 Å². The molecule has 0 atom stereocenters. The first-order valence-corrected chi connectivity index (χ1v) is 11.3. The number of rotatable bonds is 4. The molecular weight excluding hydrogens is 284 g/mol. The Bertz CT molecular complexity index is 706. The Hall–Kier alpha value is -1.93. The van der Waals surface area contributed by atoms with Crippen molar-refractivity contribution >= 4 is 19.4 Å². The Labute approximate surface area is 134 Å². The fourth-order valence-electron chi connectivity index (χ4n) is 2.73. The average Bonchev–Trinajstić information content (AvgIpc) is 2.44. The largest absolute Gasteiger partial charge is 0.294 e. The molecule has 0 unspecified atom stereocenters. The zero-order valence-electron chi connectivity index (χ0n) is 14.1. The van der Waals surface area contributed by atoms with Crippen molar-refractivity contribution < 1.29 is 4.79 Å². The van der Waals surface area contributed by atoms with Crippen molar-refractivity contribution in [3.63, 3.8) is 0 Å². The van der Waals surface area contributed by atoms with Gasteiger partial charge in [-0.25, -0.2) is 0 Å². The lowest BCUT2D eigenvalue weighted by atomic mass is 9.91. The van der Waals surface area contributed by atoms with Crippen LogP contribution in [0.1, 0.15) is 34.0 Å². The first-order valence-electron chi connectivity index (χ1n) is 7.69. The molecule has 0 heterocycles. The summed E-state index contributed by atoms with van der Waals surface area (Å²) in [5, 5.41) is 0. The number of hydrogen-bond acceptors (Lipinski definition) is 1. The van der Waals surface area contributed by atoms with Crippen LogP contribution in [0.15, 0.2) is 54.2 Å². The van der Waals surface area contributed by atoms with Crippen molar-refractivity contribution in [3.8, 4) is 0 Å². The van der Waals surface area contributed by atoms with Gasteiger partial charge in [0.05, 0.1) is 8.07 Å². The summed E-state index contributed by atoms with van der Waals surface area (Å²) >= 11 is 0. The Morgan fingerprint density at radius 2 is 1.59 bits per heavy atom. The van der Waals surface area contributed by atoms with Crippen molar-refractivity contribution in [1.82, 2.24) is 0 Å². The zero-order chi connectivity index (χ0) is 16.3. The summed E-state index contributed by atoms with van der Waals surface area (Å²) in [4.78, 5) is 12.2. The smallest absolute Gasteiger partial charge is 0.160 e. The molecule has 1 nitrogen and oxygen atoms in total. The number of benzene rings is 2. The first-order chi connectivity index (χ1) is 10.3. The van der Waals surface area contributed by atoms with Gasteiger partial charge in [0, 0.05) is 5.56 Å². The molecule has 0 radical (unpaired) electrons. The minimum absolute atomic E-state index is 0.130. The van der Waals surface area contributed by atoms with E-state index < -0.39 is 8.07 Å². The maximum absolute atomic E-state index is 12.2. The maximum Gasteiger partial charge on any atom is 0.160 e. The SMILES string of the molecule is CC(=O)c1c(C)cccc1/C(=C/[Si](C)(C)C)c1ccccc1. The van der Waals surface area contributed by atoms with E-state index in [4.69, 9.17) is 0 Å². The van der Waals surface area contributed by atoms with E-state index in [1.807, 2.05) is 25.1 Å². The highest BCUT2D eigenvalue weighted by molar-refractivity contribution is 6.81. The summed E-state index contributed by atoms with van der Waals surface area (Å²) in [7, 11) is -1.43. The summed E-state index contributed by atoms with van der Waals surface area (Å²) < 4.78 is 0. The van der Waals surface area contributed by atoms with Gasteiger partial charge in [0.15, 0.2) is 5.78 Å². The van der Waals surface area contributed by atoms with Crippen LogP contribution in [0.3, 0.4) is 0 Å². The van der Waals surface area contributed by atoms with Gasteiger partial charge in [-0.2, -0.15) is 0 Å². The predicted octanol–water partition coefficient (Wildman–Crippen LogP) is 5.51. The normalized spacial score (nSPS) is 12.3. The van der Waals surface area contributed by atoms with Crippen molar-refractivity contribution in [2.75, 3.05) is 0 Å². The third-order valence-corrected chi connectivity index (χ3v) is 4.73. The Kier molecular flexibility index (Phi) is 4.82. The lowest BCUT2D eigenvalue weighted by molar-refractivity contribution is 0.101. The van der Waals surface area contributed by atoms with Crippen molar-refractivity contribution in [3.05, 3.63) is 76.5 Å². The van der Waals surface area contributed by atoms with E-state index in [0.29, 0.717) is 0 Å². The fourth-order valence-corrected chi connectivity index (χ4v) is 3.92. The molecule has 0 aliphatic rings. The van der Waals surface area contributed by atoms with Gasteiger partial charge < -0.3 is 0 Å². The third kappa shape index (κ3) is 3.83. The molecule has 114 valence electrons. The summed E-state index contributed by atoms with van der Waals surface area (Å²) in [6.07, 6.45) is 0. The molecule has 0 amide bonds. The molecule has 0 bridgehead atoms. The van der Waals surface area contributed by atoms with Gasteiger partial charge in [-0.1, -0.05) is 73.9 Å². The number of ketones is 1. The van der Waals surface area contributed by atoms with Gasteiger partial charge in [0.25, 0.3) is 0 Å². The van der Waals surface area contributed by atoms with Gasteiger partial charge in [-0.05, 0) is 36.1 Å². The number of aryl methyl sites for hydroxylation is 1. The second kappa shape index (κ2) is 6.45. The van der Waals surface area contributed by atoms with Gasteiger partial charge in [-0.15, -0.1) is 0 Å². The highest BCUT2D eigenvalue weighted by atomic mass is 28.3. The predicted molar refractivity (Wildman–Crippen MR) is 98.1 cm³/mol. The van der Waals surface area contributed by atoms with Crippen LogP contribution in [-0.2, 0) is 0 Å². The standard InChI is InChI=1S/C20H24OSi/c1-15-10-9-13-18(20(15)16(2)21)19(14-22(3,4)5)17-11-7-6-8-12-17/h6-14H,1-5H3/b19-14+. The molecule has 0 spiro atoms. The van der Waals surface area contributed by atoms with E-state index in [1.54, 1.807) is 6.92 Å². The maximum atomic E-state index is 12.2. The molecule has 22 heavy (non-hydrogen) atoms. The van der Waals surface area contributed by atoms with Crippen LogP contribution < -0.4 is 0 Å². The summed E-state index contributed by atoms with van der Waals surface area (Å²) in [5.74, 6) is 0.130. The van der Waals surface area contributed by atoms with Crippen molar-refractivity contribution in [1.29, 1.82) is 0 Å². The summed E-state index contributed by atoms with van der Waals surface area (Å²) in [6, 6.07) is 16.5. The number of carbonyl (C=O) groups is 1. The van der Waals surface area contributed by atoms with Crippen LogP contribution in [0, 0.1) is 6.92 Å². The molecule has 2 aromatic rings. The summed E-state index contributed by atoms with van der Waals surface area (Å²) in [6.45, 7) is 10.6. The molecule has 2 rings (SSSR count). The van der Waals surface area contributed by atoms with Crippen molar-refractivity contribution in [2.24, 2.45) is 0 Å². The zero-order valence-corrected chi connectivity index (χ0v) is 15.1. The van der Waals surface area contributed by atoms with E-state index >= 15 is 0 Å². The Morgan fingerprint density at radius 1 is 0.955 bits per heavy atom. The van der Waals surface area contributed by atoms with Gasteiger partial charge >= 0.3 is 0 Å². The lowest BCUT2D eigenvalue weighted by Gasteiger charge is -2.18. The van der Waals surface area contributed by atoms with Crippen LogP contribution >= 0.6 is 0 Å². The van der Waals surface area contributed by atoms with Gasteiger partial charge in [-0.3, -0.25) is 4.79 Å². The molecule has 0 saturated heterocycles. The Balaban J connectivity index is 2.75. The first kappa shape index (κ1) is 16.4. The van der Waals surface area contributed by atoms with E-state index in [1.165, 1.54) is 11.1 Å². The highest BCUT2D eigenvalue weighted by Gasteiger charge is 2.18. The third-order valence-electron chi connectivity index (χ3n) is 3.58. The van der Waals surface area contributed by atoms with Crippen LogP contribution in [-0.4, -0.2) is 13.9 Å². The van der Waals surface area contributed by atoms with Crippen LogP contribution in [0.5, 0.6) is 0 Å². The highest BCUT2D eigenvalue weighted by Crippen LogP contribution is 2.30. The minimum Gasteiger partial charge on any atom is -0.294 e.